The van der Waals surface area contributed by atoms with Crippen molar-refractivity contribution in [2.75, 3.05) is 26.2 Å². The summed E-state index contributed by atoms with van der Waals surface area (Å²) >= 11 is 0. The fourth-order valence-electron chi connectivity index (χ4n) is 4.50. The Morgan fingerprint density at radius 1 is 1.18 bits per heavy atom. The van der Waals surface area contributed by atoms with E-state index in [4.69, 9.17) is 4.74 Å². The number of piperidine rings is 1. The Labute approximate surface area is 194 Å². The lowest BCUT2D eigenvalue weighted by atomic mass is 9.96. The second kappa shape index (κ2) is 10.4. The van der Waals surface area contributed by atoms with Gasteiger partial charge in [-0.3, -0.25) is 9.78 Å². The molecule has 3 heterocycles. The minimum absolute atomic E-state index is 0.0221. The van der Waals surface area contributed by atoms with Crippen molar-refractivity contribution in [2.45, 2.75) is 43.2 Å². The summed E-state index contributed by atoms with van der Waals surface area (Å²) in [6.45, 7) is 2.21. The highest BCUT2D eigenvalue weighted by molar-refractivity contribution is 7.89. The minimum atomic E-state index is -3.78. The van der Waals surface area contributed by atoms with Crippen LogP contribution >= 0.6 is 0 Å². The number of hydrogen-bond acceptors (Lipinski definition) is 6. The molecule has 0 spiro atoms. The van der Waals surface area contributed by atoms with Gasteiger partial charge in [-0.15, -0.1) is 0 Å². The molecule has 2 saturated heterocycles. The molecule has 33 heavy (non-hydrogen) atoms. The van der Waals surface area contributed by atoms with E-state index in [1.807, 2.05) is 23.1 Å². The number of carbonyl (C=O) groups is 1. The van der Waals surface area contributed by atoms with E-state index >= 15 is 0 Å². The van der Waals surface area contributed by atoms with Crippen LogP contribution in [0.2, 0.25) is 0 Å². The largest absolute Gasteiger partial charge is 0.376 e. The lowest BCUT2D eigenvalue weighted by molar-refractivity contribution is -0.139. The normalized spacial score (nSPS) is 19.8. The van der Waals surface area contributed by atoms with Gasteiger partial charge in [-0.25, -0.2) is 8.42 Å². The summed E-state index contributed by atoms with van der Waals surface area (Å²) in [5, 5.41) is 9.30. The second-order valence-corrected chi connectivity index (χ2v) is 10.4. The number of sulfonamides is 1. The highest BCUT2D eigenvalue weighted by atomic mass is 32.2. The van der Waals surface area contributed by atoms with Crippen LogP contribution in [0.4, 0.5) is 0 Å². The van der Waals surface area contributed by atoms with Crippen LogP contribution in [0.1, 0.15) is 36.8 Å². The van der Waals surface area contributed by atoms with Crippen LogP contribution in [-0.2, 0) is 26.1 Å². The minimum Gasteiger partial charge on any atom is -0.376 e. The van der Waals surface area contributed by atoms with Gasteiger partial charge >= 0.3 is 0 Å². The molecule has 1 atom stereocenters. The van der Waals surface area contributed by atoms with Gasteiger partial charge in [-0.05, 0) is 49.4 Å². The molecule has 2 aliphatic heterocycles. The van der Waals surface area contributed by atoms with E-state index in [-0.39, 0.29) is 41.5 Å². The molecular formula is C24H28N4O4S. The van der Waals surface area contributed by atoms with Crippen LogP contribution in [0.15, 0.2) is 53.7 Å². The second-order valence-electron chi connectivity index (χ2n) is 8.50. The molecule has 2 aliphatic rings. The van der Waals surface area contributed by atoms with Crippen LogP contribution in [-0.4, -0.2) is 60.9 Å². The van der Waals surface area contributed by atoms with Crippen LogP contribution < -0.4 is 0 Å². The summed E-state index contributed by atoms with van der Waals surface area (Å²) < 4.78 is 33.4. The van der Waals surface area contributed by atoms with Crippen LogP contribution in [0.5, 0.6) is 0 Å². The first kappa shape index (κ1) is 23.4. The highest BCUT2D eigenvalue weighted by Gasteiger charge is 2.35. The number of ether oxygens (including phenoxy) is 1. The fraction of sp³-hybridized carbons (Fsp3) is 0.458. The van der Waals surface area contributed by atoms with E-state index in [1.165, 1.54) is 16.4 Å². The van der Waals surface area contributed by atoms with E-state index in [0.29, 0.717) is 25.9 Å². The summed E-state index contributed by atoms with van der Waals surface area (Å²) in [4.78, 5) is 19.5. The predicted molar refractivity (Wildman–Crippen MR) is 121 cm³/mol. The van der Waals surface area contributed by atoms with E-state index in [9.17, 15) is 18.5 Å². The number of amides is 1. The number of nitriles is 1. The fourth-order valence-corrected chi connectivity index (χ4v) is 6.11. The number of benzene rings is 1. The molecule has 2 fully saturated rings. The number of pyridine rings is 1. The van der Waals surface area contributed by atoms with Gasteiger partial charge in [0.1, 0.15) is 6.07 Å². The van der Waals surface area contributed by atoms with Crippen molar-refractivity contribution in [1.82, 2.24) is 14.2 Å². The van der Waals surface area contributed by atoms with Gasteiger partial charge in [-0.2, -0.15) is 9.57 Å². The lowest BCUT2D eigenvalue weighted by Crippen LogP contribution is -2.46. The van der Waals surface area contributed by atoms with E-state index in [2.05, 4.69) is 4.98 Å². The molecule has 9 heteroatoms. The van der Waals surface area contributed by atoms with Crippen molar-refractivity contribution in [3.8, 4) is 6.07 Å². The molecule has 4 rings (SSSR count). The monoisotopic (exact) mass is 468 g/mol. The SMILES string of the molecule is N#Cc1ccccc1S(=O)(=O)N1CCC(C(=O)N(Cc2cccnc2)CC2CCCO2)CC1. The highest BCUT2D eigenvalue weighted by Crippen LogP contribution is 2.27. The predicted octanol–water partition coefficient (Wildman–Crippen LogP) is 2.56. The van der Waals surface area contributed by atoms with Crippen molar-refractivity contribution in [3.05, 3.63) is 59.9 Å². The lowest BCUT2D eigenvalue weighted by Gasteiger charge is -2.34. The van der Waals surface area contributed by atoms with Crippen LogP contribution in [0.25, 0.3) is 0 Å². The van der Waals surface area contributed by atoms with Crippen LogP contribution in [0, 0.1) is 17.2 Å². The third-order valence-electron chi connectivity index (χ3n) is 6.28. The zero-order valence-electron chi connectivity index (χ0n) is 18.5. The molecule has 2 aromatic rings. The van der Waals surface area contributed by atoms with Gasteiger partial charge in [-0.1, -0.05) is 18.2 Å². The first-order valence-electron chi connectivity index (χ1n) is 11.3. The maximum absolute atomic E-state index is 13.5. The number of nitrogens with zero attached hydrogens (tertiary/aromatic N) is 4. The van der Waals surface area contributed by atoms with Crippen molar-refractivity contribution in [2.24, 2.45) is 5.92 Å². The molecular weight excluding hydrogens is 440 g/mol. The molecule has 8 nitrogen and oxygen atoms in total. The Morgan fingerprint density at radius 3 is 2.64 bits per heavy atom. The molecule has 1 aromatic carbocycles. The van der Waals surface area contributed by atoms with Gasteiger partial charge in [0.25, 0.3) is 0 Å². The summed E-state index contributed by atoms with van der Waals surface area (Å²) in [5.41, 5.74) is 1.09. The summed E-state index contributed by atoms with van der Waals surface area (Å²) in [6.07, 6.45) is 6.33. The molecule has 1 unspecified atom stereocenters. The van der Waals surface area contributed by atoms with Crippen molar-refractivity contribution < 1.29 is 17.9 Å². The van der Waals surface area contributed by atoms with Crippen molar-refractivity contribution in [1.29, 1.82) is 5.26 Å². The van der Waals surface area contributed by atoms with Crippen molar-refractivity contribution in [3.63, 3.8) is 0 Å². The average molecular weight is 469 g/mol. The van der Waals surface area contributed by atoms with Gasteiger partial charge in [0.15, 0.2) is 0 Å². The zero-order chi connectivity index (χ0) is 23.3. The number of aromatic nitrogens is 1. The van der Waals surface area contributed by atoms with E-state index < -0.39 is 10.0 Å². The van der Waals surface area contributed by atoms with Crippen molar-refractivity contribution >= 4 is 15.9 Å². The first-order chi connectivity index (χ1) is 16.0. The van der Waals surface area contributed by atoms with Gasteiger partial charge in [0, 0.05) is 51.1 Å². The maximum Gasteiger partial charge on any atom is 0.244 e. The number of carbonyl (C=O) groups excluding carboxylic acids is 1. The quantitative estimate of drug-likeness (QED) is 0.619. The van der Waals surface area contributed by atoms with Crippen LogP contribution in [0.3, 0.4) is 0 Å². The first-order valence-corrected chi connectivity index (χ1v) is 12.7. The molecule has 0 aliphatic carbocycles. The third-order valence-corrected chi connectivity index (χ3v) is 8.24. The topological polar surface area (TPSA) is 104 Å². The molecule has 0 saturated carbocycles. The Kier molecular flexibility index (Phi) is 7.38. The molecule has 1 amide bonds. The standard InChI is InChI=1S/C24H28N4O4S/c25-15-21-6-1-2-8-23(21)33(30,31)28-12-9-20(10-13-28)24(29)27(18-22-7-4-14-32-22)17-19-5-3-11-26-16-19/h1-3,5-6,8,11,16,20,22H,4,7,9-10,12-14,17-18H2. The molecule has 174 valence electrons. The summed E-state index contributed by atoms with van der Waals surface area (Å²) in [6, 6.07) is 12.0. The molecule has 1 aromatic heterocycles. The summed E-state index contributed by atoms with van der Waals surface area (Å²) in [5.74, 6) is -0.218. The Morgan fingerprint density at radius 2 is 1.97 bits per heavy atom. The maximum atomic E-state index is 13.5. The Bertz CT molecular complexity index is 1100. The van der Waals surface area contributed by atoms with Gasteiger partial charge < -0.3 is 9.64 Å². The average Bonchev–Trinajstić information content (AvgIpc) is 3.37. The Balaban J connectivity index is 1.44. The zero-order valence-corrected chi connectivity index (χ0v) is 19.3. The summed E-state index contributed by atoms with van der Waals surface area (Å²) in [7, 11) is -3.78. The van der Waals surface area contributed by atoms with E-state index in [0.717, 1.165) is 25.0 Å². The number of hydrogen-bond donors (Lipinski definition) is 0. The van der Waals surface area contributed by atoms with Gasteiger partial charge in [0.2, 0.25) is 15.9 Å². The smallest absolute Gasteiger partial charge is 0.244 e. The number of rotatable bonds is 7. The molecule has 0 bridgehead atoms. The van der Waals surface area contributed by atoms with Gasteiger partial charge in [0.05, 0.1) is 16.6 Å². The Hall–Kier alpha value is -2.80. The van der Waals surface area contributed by atoms with E-state index in [1.54, 1.807) is 24.5 Å². The third kappa shape index (κ3) is 5.41. The molecule has 0 radical (unpaired) electrons. The molecule has 0 N–H and O–H groups in total.